The number of carbonyl (C=O) groups is 2. The Kier molecular flexibility index (Phi) is 3.56. The lowest BCUT2D eigenvalue weighted by Gasteiger charge is -2.05. The molecule has 96 valence electrons. The number of carboxylic acids is 1. The van der Waals surface area contributed by atoms with Gasteiger partial charge in [-0.1, -0.05) is 12.1 Å². The van der Waals surface area contributed by atoms with Gasteiger partial charge in [-0.2, -0.15) is 0 Å². The highest BCUT2D eigenvalue weighted by Gasteiger charge is 2.13. The van der Waals surface area contributed by atoms with E-state index in [0.29, 0.717) is 0 Å². The number of carboxylic acid groups (broad SMARTS) is 1. The quantitative estimate of drug-likeness (QED) is 0.680. The maximum atomic E-state index is 13.3. The minimum atomic E-state index is -1.08. The average molecular weight is 260 g/mol. The highest BCUT2D eigenvalue weighted by molar-refractivity contribution is 5.91. The van der Waals surface area contributed by atoms with Gasteiger partial charge >= 0.3 is 11.9 Å². The second kappa shape index (κ2) is 5.30. The van der Waals surface area contributed by atoms with Crippen molar-refractivity contribution in [2.24, 2.45) is 0 Å². The molecule has 19 heavy (non-hydrogen) atoms. The van der Waals surface area contributed by atoms with E-state index in [1.54, 1.807) is 0 Å². The van der Waals surface area contributed by atoms with Gasteiger partial charge in [0.25, 0.3) is 0 Å². The van der Waals surface area contributed by atoms with Crippen LogP contribution in [0, 0.1) is 5.82 Å². The van der Waals surface area contributed by atoms with Crippen LogP contribution in [0.1, 0.15) is 20.7 Å². The molecule has 2 aromatic carbocycles. The average Bonchev–Trinajstić information content (AvgIpc) is 2.39. The molecule has 0 bridgehead atoms. The van der Waals surface area contributed by atoms with E-state index in [2.05, 4.69) is 0 Å². The van der Waals surface area contributed by atoms with E-state index >= 15 is 0 Å². The Morgan fingerprint density at radius 2 is 1.63 bits per heavy atom. The summed E-state index contributed by atoms with van der Waals surface area (Å²) in [6.07, 6.45) is 0. The fourth-order valence-electron chi connectivity index (χ4n) is 1.45. The Hall–Kier alpha value is -2.69. The van der Waals surface area contributed by atoms with Crippen LogP contribution in [-0.4, -0.2) is 17.0 Å². The number of hydrogen-bond donors (Lipinski definition) is 1. The Morgan fingerprint density at radius 1 is 1.00 bits per heavy atom. The lowest BCUT2D eigenvalue weighted by molar-refractivity contribution is 0.0696. The van der Waals surface area contributed by atoms with Crippen LogP contribution in [-0.2, 0) is 0 Å². The summed E-state index contributed by atoms with van der Waals surface area (Å²) in [4.78, 5) is 22.3. The van der Waals surface area contributed by atoms with Gasteiger partial charge in [0, 0.05) is 0 Å². The first-order valence-electron chi connectivity index (χ1n) is 5.38. The molecule has 0 aliphatic heterocycles. The summed E-state index contributed by atoms with van der Waals surface area (Å²) in [6.45, 7) is 0. The third-order valence-electron chi connectivity index (χ3n) is 2.41. The molecule has 5 heteroatoms. The molecule has 4 nitrogen and oxygen atoms in total. The number of aromatic carboxylic acids is 1. The minimum absolute atomic E-state index is 0.0747. The number of ether oxygens (including phenoxy) is 1. The van der Waals surface area contributed by atoms with E-state index in [1.165, 1.54) is 42.5 Å². The Bertz CT molecular complexity index is 620. The van der Waals surface area contributed by atoms with E-state index in [9.17, 15) is 14.0 Å². The van der Waals surface area contributed by atoms with Gasteiger partial charge in [-0.3, -0.25) is 0 Å². The molecule has 0 fully saturated rings. The van der Waals surface area contributed by atoms with Gasteiger partial charge in [-0.15, -0.1) is 0 Å². The smallest absolute Gasteiger partial charge is 0.346 e. The lowest BCUT2D eigenvalue weighted by Crippen LogP contribution is -2.10. The predicted octanol–water partition coefficient (Wildman–Crippen LogP) is 2.74. The second-order valence-electron chi connectivity index (χ2n) is 3.70. The van der Waals surface area contributed by atoms with Crippen molar-refractivity contribution in [2.45, 2.75) is 0 Å². The first-order valence-corrected chi connectivity index (χ1v) is 5.38. The first kappa shape index (κ1) is 12.8. The van der Waals surface area contributed by atoms with Gasteiger partial charge in [0.1, 0.15) is 11.6 Å². The molecule has 0 radical (unpaired) electrons. The van der Waals surface area contributed by atoms with Crippen LogP contribution in [0.3, 0.4) is 0 Å². The fraction of sp³-hybridized carbons (Fsp3) is 0. The summed E-state index contributed by atoms with van der Waals surface area (Å²) in [6, 6.07) is 10.7. The zero-order chi connectivity index (χ0) is 13.8. The zero-order valence-corrected chi connectivity index (χ0v) is 9.67. The van der Waals surface area contributed by atoms with Crippen LogP contribution in [0.4, 0.5) is 4.39 Å². The molecule has 1 N–H and O–H groups in total. The molecule has 2 rings (SSSR count). The molecular formula is C14H9FO4. The maximum Gasteiger partial charge on any atom is 0.346 e. The molecule has 0 aliphatic carbocycles. The van der Waals surface area contributed by atoms with Crippen LogP contribution in [0.5, 0.6) is 5.75 Å². The van der Waals surface area contributed by atoms with Crippen molar-refractivity contribution in [3.05, 3.63) is 65.5 Å². The van der Waals surface area contributed by atoms with Crippen LogP contribution in [0.25, 0.3) is 0 Å². The van der Waals surface area contributed by atoms with Crippen molar-refractivity contribution in [1.82, 2.24) is 0 Å². The van der Waals surface area contributed by atoms with Crippen LogP contribution in [0.15, 0.2) is 48.5 Å². The van der Waals surface area contributed by atoms with Gasteiger partial charge in [0.05, 0.1) is 11.1 Å². The molecule has 0 aromatic heterocycles. The summed E-state index contributed by atoms with van der Waals surface area (Å²) < 4.78 is 18.3. The third kappa shape index (κ3) is 2.95. The second-order valence-corrected chi connectivity index (χ2v) is 3.70. The molecule has 0 atom stereocenters. The van der Waals surface area contributed by atoms with Gasteiger partial charge in [0.2, 0.25) is 0 Å². The van der Waals surface area contributed by atoms with Crippen molar-refractivity contribution in [3.8, 4) is 5.75 Å². The topological polar surface area (TPSA) is 63.6 Å². The van der Waals surface area contributed by atoms with Gasteiger partial charge in [0.15, 0.2) is 0 Å². The minimum Gasteiger partial charge on any atom is -0.478 e. The Labute approximate surface area is 108 Å². The van der Waals surface area contributed by atoms with Crippen molar-refractivity contribution in [2.75, 3.05) is 0 Å². The molecular weight excluding hydrogens is 251 g/mol. The van der Waals surface area contributed by atoms with Gasteiger partial charge in [-0.25, -0.2) is 14.0 Å². The van der Waals surface area contributed by atoms with Crippen molar-refractivity contribution in [3.63, 3.8) is 0 Å². The van der Waals surface area contributed by atoms with Crippen LogP contribution < -0.4 is 4.74 Å². The molecule has 2 aromatic rings. The van der Waals surface area contributed by atoms with E-state index in [-0.39, 0.29) is 16.9 Å². The highest BCUT2D eigenvalue weighted by Crippen LogP contribution is 2.15. The van der Waals surface area contributed by atoms with Crippen molar-refractivity contribution in [1.29, 1.82) is 0 Å². The largest absolute Gasteiger partial charge is 0.478 e. The Balaban J connectivity index is 2.15. The molecule has 0 heterocycles. The summed E-state index contributed by atoms with van der Waals surface area (Å²) in [7, 11) is 0. The van der Waals surface area contributed by atoms with E-state index < -0.39 is 17.8 Å². The molecule has 0 unspecified atom stereocenters. The van der Waals surface area contributed by atoms with Crippen LogP contribution in [0.2, 0.25) is 0 Å². The number of rotatable bonds is 3. The maximum absolute atomic E-state index is 13.3. The molecule has 0 amide bonds. The normalized spacial score (nSPS) is 9.95. The molecule has 0 saturated heterocycles. The van der Waals surface area contributed by atoms with E-state index in [4.69, 9.17) is 9.84 Å². The van der Waals surface area contributed by atoms with Crippen molar-refractivity contribution >= 4 is 11.9 Å². The van der Waals surface area contributed by atoms with E-state index in [0.717, 1.165) is 6.07 Å². The SMILES string of the molecule is O=C(O)c1ccc(OC(=O)c2ccccc2F)cc1. The standard InChI is InChI=1S/C14H9FO4/c15-12-4-2-1-3-11(12)14(18)19-10-7-5-9(6-8-10)13(16)17/h1-8H,(H,16,17). The number of carbonyl (C=O) groups excluding carboxylic acids is 1. The van der Waals surface area contributed by atoms with Gasteiger partial charge < -0.3 is 9.84 Å². The summed E-state index contributed by atoms with van der Waals surface area (Å²) in [5.74, 6) is -2.43. The van der Waals surface area contributed by atoms with Gasteiger partial charge in [-0.05, 0) is 36.4 Å². The fourth-order valence-corrected chi connectivity index (χ4v) is 1.45. The molecule has 0 aliphatic rings. The Morgan fingerprint density at radius 3 is 2.21 bits per heavy atom. The molecule has 0 spiro atoms. The van der Waals surface area contributed by atoms with E-state index in [1.807, 2.05) is 0 Å². The summed E-state index contributed by atoms with van der Waals surface area (Å²) in [5.41, 5.74) is -0.101. The third-order valence-corrected chi connectivity index (χ3v) is 2.41. The zero-order valence-electron chi connectivity index (χ0n) is 9.67. The van der Waals surface area contributed by atoms with Crippen molar-refractivity contribution < 1.29 is 23.8 Å². The predicted molar refractivity (Wildman–Crippen MR) is 64.8 cm³/mol. The number of halogens is 1. The number of hydrogen-bond acceptors (Lipinski definition) is 3. The number of benzene rings is 2. The first-order chi connectivity index (χ1) is 9.08. The number of esters is 1. The summed E-state index contributed by atoms with van der Waals surface area (Å²) >= 11 is 0. The summed E-state index contributed by atoms with van der Waals surface area (Å²) in [5, 5.41) is 8.71. The lowest BCUT2D eigenvalue weighted by atomic mass is 10.2. The van der Waals surface area contributed by atoms with Crippen LogP contribution >= 0.6 is 0 Å². The molecule has 0 saturated carbocycles. The highest BCUT2D eigenvalue weighted by atomic mass is 19.1. The monoisotopic (exact) mass is 260 g/mol.